The summed E-state index contributed by atoms with van der Waals surface area (Å²) in [7, 11) is 3.25. The number of aromatic nitrogens is 4. The van der Waals surface area contributed by atoms with E-state index in [0.717, 1.165) is 61.4 Å². The second-order valence-corrected chi connectivity index (χ2v) is 14.2. The van der Waals surface area contributed by atoms with Gasteiger partial charge in [-0.1, -0.05) is 30.2 Å². The third-order valence-corrected chi connectivity index (χ3v) is 9.71. The van der Waals surface area contributed by atoms with Gasteiger partial charge >= 0.3 is 0 Å². The Hall–Kier alpha value is -6.61. The Balaban J connectivity index is 0.000000213. The molecule has 3 heterocycles. The number of nitrogens with zero attached hydrogens (tertiary/aromatic N) is 5. The van der Waals surface area contributed by atoms with Gasteiger partial charge in [0.1, 0.15) is 49.1 Å². The maximum Gasteiger partial charge on any atom is 0.247 e. The molecule has 0 aliphatic carbocycles. The highest BCUT2D eigenvalue weighted by atomic mass is 35.5. The van der Waals surface area contributed by atoms with E-state index in [1.165, 1.54) is 30.9 Å². The van der Waals surface area contributed by atoms with Gasteiger partial charge in [-0.15, -0.1) is 6.42 Å². The van der Waals surface area contributed by atoms with Crippen LogP contribution in [0.25, 0.3) is 21.8 Å². The molecular formula is C46H48ClFN8O7. The number of nitrogens with one attached hydrogen (secondary N) is 3. The number of anilines is 5. The SMILES string of the molecule is C#Cc1cccc(Nc2ncnc3cc(OCCOC)c(OCCOC)cc23)c1.C=CC(=O)Nc1cc2c(Nc3ccc(F)c(Cl)c3)ncnc2cc1OCCCN1CCOCC1. The zero-order chi connectivity index (χ0) is 44.4. The summed E-state index contributed by atoms with van der Waals surface area (Å²) < 4.78 is 46.7. The van der Waals surface area contributed by atoms with Gasteiger partial charge in [-0.2, -0.15) is 0 Å². The number of methoxy groups -OCH3 is 2. The van der Waals surface area contributed by atoms with Crippen molar-refractivity contribution in [2.75, 3.05) is 96.1 Å². The summed E-state index contributed by atoms with van der Waals surface area (Å²) in [4.78, 5) is 31.8. The van der Waals surface area contributed by atoms with Crippen molar-refractivity contribution >= 4 is 68.0 Å². The van der Waals surface area contributed by atoms with Gasteiger partial charge in [0.15, 0.2) is 11.5 Å². The molecule has 328 valence electrons. The fraction of sp³-hybridized carbons (Fsp3) is 0.283. The van der Waals surface area contributed by atoms with Gasteiger partial charge in [-0.3, -0.25) is 9.69 Å². The quantitative estimate of drug-likeness (QED) is 0.0410. The van der Waals surface area contributed by atoms with E-state index in [-0.39, 0.29) is 10.9 Å². The molecule has 4 aromatic carbocycles. The van der Waals surface area contributed by atoms with E-state index >= 15 is 0 Å². The Labute approximate surface area is 369 Å². The van der Waals surface area contributed by atoms with Crippen LogP contribution in [0, 0.1) is 18.2 Å². The van der Waals surface area contributed by atoms with Crippen LogP contribution < -0.4 is 30.2 Å². The molecule has 0 atom stereocenters. The van der Waals surface area contributed by atoms with Crippen LogP contribution in [0.3, 0.4) is 0 Å². The molecule has 1 saturated heterocycles. The fourth-order valence-corrected chi connectivity index (χ4v) is 6.45. The number of halogens is 2. The van der Waals surface area contributed by atoms with Crippen LogP contribution in [0.15, 0.2) is 92.0 Å². The summed E-state index contributed by atoms with van der Waals surface area (Å²) in [5.41, 5.74) is 3.99. The van der Waals surface area contributed by atoms with E-state index in [2.05, 4.69) is 53.3 Å². The molecule has 0 spiro atoms. The predicted octanol–water partition coefficient (Wildman–Crippen LogP) is 7.80. The molecule has 1 fully saturated rings. The van der Waals surface area contributed by atoms with Crippen molar-refractivity contribution < 1.29 is 37.6 Å². The summed E-state index contributed by atoms with van der Waals surface area (Å²) in [6.45, 7) is 9.97. The number of benzene rings is 4. The van der Waals surface area contributed by atoms with E-state index in [0.29, 0.717) is 84.2 Å². The van der Waals surface area contributed by atoms with Crippen LogP contribution in [0.5, 0.6) is 17.2 Å². The first-order valence-electron chi connectivity index (χ1n) is 20.0. The predicted molar refractivity (Wildman–Crippen MR) is 242 cm³/mol. The molecule has 2 aromatic heterocycles. The van der Waals surface area contributed by atoms with Crippen molar-refractivity contribution in [2.24, 2.45) is 0 Å². The highest BCUT2D eigenvalue weighted by molar-refractivity contribution is 6.31. The number of carbonyl (C=O) groups is 1. The number of morpholine rings is 1. The van der Waals surface area contributed by atoms with Crippen molar-refractivity contribution in [3.8, 4) is 29.6 Å². The first kappa shape index (κ1) is 45.9. The first-order chi connectivity index (χ1) is 30.8. The Morgan fingerprint density at radius 3 is 2.08 bits per heavy atom. The minimum Gasteiger partial charge on any atom is -0.491 e. The Kier molecular flexibility index (Phi) is 17.2. The third-order valence-electron chi connectivity index (χ3n) is 9.43. The molecule has 15 nitrogen and oxygen atoms in total. The Bertz CT molecular complexity index is 2540. The number of ether oxygens (including phenoxy) is 6. The lowest BCUT2D eigenvalue weighted by Gasteiger charge is -2.26. The molecule has 0 radical (unpaired) electrons. The lowest BCUT2D eigenvalue weighted by atomic mass is 10.1. The normalized spacial score (nSPS) is 12.4. The highest BCUT2D eigenvalue weighted by Crippen LogP contribution is 2.36. The number of fused-ring (bicyclic) bond motifs is 2. The zero-order valence-electron chi connectivity index (χ0n) is 35.0. The van der Waals surface area contributed by atoms with E-state index in [4.69, 9.17) is 46.4 Å². The summed E-state index contributed by atoms with van der Waals surface area (Å²) in [6.07, 6.45) is 10.4. The fourth-order valence-electron chi connectivity index (χ4n) is 6.27. The largest absolute Gasteiger partial charge is 0.491 e. The zero-order valence-corrected chi connectivity index (χ0v) is 35.8. The second-order valence-electron chi connectivity index (χ2n) is 13.8. The van der Waals surface area contributed by atoms with Gasteiger partial charge < -0.3 is 44.4 Å². The van der Waals surface area contributed by atoms with Crippen LogP contribution in [0.1, 0.15) is 12.0 Å². The van der Waals surface area contributed by atoms with E-state index in [1.54, 1.807) is 32.4 Å². The maximum absolute atomic E-state index is 13.5. The molecule has 7 rings (SSSR count). The second kappa shape index (κ2) is 23.6. The molecule has 0 saturated carbocycles. The average molecular weight is 879 g/mol. The van der Waals surface area contributed by atoms with Crippen molar-refractivity contribution in [1.82, 2.24) is 24.8 Å². The lowest BCUT2D eigenvalue weighted by Crippen LogP contribution is -2.37. The van der Waals surface area contributed by atoms with Gasteiger partial charge in [0, 0.05) is 73.7 Å². The molecule has 1 aliphatic rings. The Morgan fingerprint density at radius 2 is 1.44 bits per heavy atom. The summed E-state index contributed by atoms with van der Waals surface area (Å²) in [6, 6.07) is 19.0. The number of amides is 1. The highest BCUT2D eigenvalue weighted by Gasteiger charge is 2.16. The van der Waals surface area contributed by atoms with Crippen LogP contribution in [0.4, 0.5) is 33.1 Å². The molecular weight excluding hydrogens is 831 g/mol. The number of hydrogen-bond acceptors (Lipinski definition) is 14. The molecule has 63 heavy (non-hydrogen) atoms. The smallest absolute Gasteiger partial charge is 0.247 e. The van der Waals surface area contributed by atoms with Gasteiger partial charge in [-0.05, 0) is 61.0 Å². The molecule has 17 heteroatoms. The lowest BCUT2D eigenvalue weighted by molar-refractivity contribution is -0.111. The number of rotatable bonds is 19. The maximum atomic E-state index is 13.5. The molecule has 6 aromatic rings. The number of carbonyl (C=O) groups excluding carboxylic acids is 1. The van der Waals surface area contributed by atoms with Crippen LogP contribution in [-0.4, -0.2) is 111 Å². The van der Waals surface area contributed by atoms with Crippen molar-refractivity contribution in [3.05, 3.63) is 108 Å². The van der Waals surface area contributed by atoms with Crippen LogP contribution >= 0.6 is 11.6 Å². The summed E-state index contributed by atoms with van der Waals surface area (Å²) in [5.74, 6) is 4.54. The van der Waals surface area contributed by atoms with E-state index < -0.39 is 5.82 Å². The van der Waals surface area contributed by atoms with Crippen molar-refractivity contribution in [1.29, 1.82) is 0 Å². The summed E-state index contributed by atoms with van der Waals surface area (Å²) in [5, 5.41) is 10.6. The monoisotopic (exact) mass is 878 g/mol. The summed E-state index contributed by atoms with van der Waals surface area (Å²) >= 11 is 5.90. The van der Waals surface area contributed by atoms with Gasteiger partial charge in [-0.25, -0.2) is 24.3 Å². The molecule has 1 amide bonds. The van der Waals surface area contributed by atoms with Crippen LogP contribution in [-0.2, 0) is 19.0 Å². The van der Waals surface area contributed by atoms with Gasteiger partial charge in [0.05, 0.1) is 54.8 Å². The standard InChI is InChI=1S/C24H25ClFN5O3.C22H23N3O4/c1-2-23(32)30-21-13-17-20(14-22(21)34-9-3-6-31-7-10-33-11-8-31)27-15-28-24(17)29-16-4-5-19(26)18(25)12-16;1-4-16-6-5-7-17(12-16)25-22-18-13-20(28-10-8-26-2)21(29-11-9-27-3)14-19(18)23-15-24-22/h2,4-5,12-15H,1,3,6-11H2,(H,30,32)(H,27,28,29);1,5-7,12-15H,8-11H2,2-3H3,(H,23,24,25). The van der Waals surface area contributed by atoms with Gasteiger partial charge in [0.25, 0.3) is 0 Å². The average Bonchev–Trinajstić information content (AvgIpc) is 3.30. The van der Waals surface area contributed by atoms with Crippen molar-refractivity contribution in [2.45, 2.75) is 6.42 Å². The topological polar surface area (TPSA) is 163 Å². The van der Waals surface area contributed by atoms with Gasteiger partial charge in [0.2, 0.25) is 5.91 Å². The Morgan fingerprint density at radius 1 is 0.825 bits per heavy atom. The van der Waals surface area contributed by atoms with Crippen LogP contribution in [0.2, 0.25) is 5.02 Å². The molecule has 0 unspecified atom stereocenters. The minimum atomic E-state index is -0.510. The minimum absolute atomic E-state index is 0.00457. The van der Waals surface area contributed by atoms with E-state index in [1.807, 2.05) is 36.4 Å². The number of terminal acetylenes is 1. The molecule has 1 aliphatic heterocycles. The van der Waals surface area contributed by atoms with Crippen molar-refractivity contribution in [3.63, 3.8) is 0 Å². The molecule has 0 bridgehead atoms. The third kappa shape index (κ3) is 13.2. The molecule has 3 N–H and O–H groups in total. The van der Waals surface area contributed by atoms with E-state index in [9.17, 15) is 9.18 Å². The first-order valence-corrected chi connectivity index (χ1v) is 20.4. The number of hydrogen-bond donors (Lipinski definition) is 3.